The second kappa shape index (κ2) is 7.90. The molecule has 0 saturated carbocycles. The summed E-state index contributed by atoms with van der Waals surface area (Å²) in [5.41, 5.74) is 6.28. The van der Waals surface area contributed by atoms with Gasteiger partial charge in [0.25, 0.3) is 0 Å². The van der Waals surface area contributed by atoms with Gasteiger partial charge in [-0.25, -0.2) is 0 Å². The van der Waals surface area contributed by atoms with Crippen molar-refractivity contribution >= 4 is 35.4 Å². The van der Waals surface area contributed by atoms with Gasteiger partial charge < -0.3 is 0 Å². The van der Waals surface area contributed by atoms with Crippen LogP contribution < -0.4 is 0 Å². The molecular weight excluding hydrogens is 158 g/mol. The molecule has 0 fully saturated rings. The van der Waals surface area contributed by atoms with Crippen LogP contribution in [0.5, 0.6) is 0 Å². The number of allylic oxidation sites excluding steroid dienone is 4. The molecule has 0 aromatic heterocycles. The van der Waals surface area contributed by atoms with Crippen molar-refractivity contribution in [1.29, 1.82) is 0 Å². The molecule has 0 aliphatic rings. The summed E-state index contributed by atoms with van der Waals surface area (Å²) in [4.78, 5) is 0. The van der Waals surface area contributed by atoms with Crippen LogP contribution in [-0.4, -0.2) is 35.4 Å². The molecule has 0 nitrogen and oxygen atoms in total. The number of hydrogen-bond donors (Lipinski definition) is 0. The van der Waals surface area contributed by atoms with E-state index in [9.17, 15) is 0 Å². The van der Waals surface area contributed by atoms with Gasteiger partial charge in [-0.15, -0.1) is 0 Å². The quantitative estimate of drug-likeness (QED) is 0.445. The van der Waals surface area contributed by atoms with Gasteiger partial charge in [0, 0.05) is 0 Å². The first-order chi connectivity index (χ1) is 6.52. The van der Waals surface area contributed by atoms with Gasteiger partial charge in [0.05, 0.1) is 0 Å². The topological polar surface area (TPSA) is 0 Å². The molecule has 0 amide bonds. The Kier molecular flexibility index (Phi) is 8.28. The van der Waals surface area contributed by atoms with Crippen molar-refractivity contribution in [3.05, 3.63) is 22.3 Å². The first-order valence-corrected chi connectivity index (χ1v) is 5.83. The van der Waals surface area contributed by atoms with Gasteiger partial charge >= 0.3 is 108 Å². The zero-order valence-corrected chi connectivity index (χ0v) is 10.8. The molecule has 0 spiro atoms. The Bertz CT molecular complexity index is 211. The molecule has 0 aromatic rings. The molecule has 0 aliphatic heterocycles. The first kappa shape index (κ1) is 14.7. The summed E-state index contributed by atoms with van der Waals surface area (Å²) in [5.74, 6) is 0. The van der Waals surface area contributed by atoms with E-state index in [2.05, 4.69) is 63.1 Å². The van der Waals surface area contributed by atoms with Crippen molar-refractivity contribution in [3.63, 3.8) is 0 Å². The van der Waals surface area contributed by atoms with E-state index in [1.165, 1.54) is 23.0 Å². The Morgan fingerprint density at radius 2 is 0.929 bits per heavy atom. The van der Waals surface area contributed by atoms with Gasteiger partial charge in [0.2, 0.25) is 0 Å². The van der Waals surface area contributed by atoms with Crippen molar-refractivity contribution in [1.82, 2.24) is 0 Å². The van der Waals surface area contributed by atoms with Crippen molar-refractivity contribution in [2.24, 2.45) is 0 Å². The normalized spacial score (nSPS) is 15.1. The molecular formula is C12H20Li2. The van der Waals surface area contributed by atoms with Crippen molar-refractivity contribution in [2.45, 2.75) is 50.7 Å². The second-order valence-electron chi connectivity index (χ2n) is 4.33. The third kappa shape index (κ3) is 5.53. The van der Waals surface area contributed by atoms with Crippen LogP contribution in [0.1, 0.15) is 40.5 Å². The molecule has 0 bridgehead atoms. The standard InChI is InChI=1S/C12H20.2Li/c1-9(2)11(5)7-8-12(6)10(3)4;;/h1,3,7-8H2,2,4-6H3;;. The fraction of sp³-hybridized carbons (Fsp3) is 0.667. The van der Waals surface area contributed by atoms with Crippen LogP contribution in [0.3, 0.4) is 0 Å². The molecule has 0 saturated heterocycles. The number of hydrogen-bond acceptors (Lipinski definition) is 0. The van der Waals surface area contributed by atoms with E-state index in [1.807, 2.05) is 0 Å². The summed E-state index contributed by atoms with van der Waals surface area (Å²) in [6.45, 7) is 9.04. The second-order valence-corrected chi connectivity index (χ2v) is 4.33. The Morgan fingerprint density at radius 1 is 0.643 bits per heavy atom. The van der Waals surface area contributed by atoms with E-state index in [0.29, 0.717) is 0 Å². The molecule has 2 heteroatoms. The van der Waals surface area contributed by atoms with Gasteiger partial charge in [0.15, 0.2) is 0 Å². The summed E-state index contributed by atoms with van der Waals surface area (Å²) in [6.07, 6.45) is 2.48. The zero-order chi connectivity index (χ0) is 11.1. The van der Waals surface area contributed by atoms with E-state index in [4.69, 9.17) is 0 Å². The van der Waals surface area contributed by atoms with Crippen molar-refractivity contribution in [2.75, 3.05) is 0 Å². The minimum absolute atomic E-state index is 1.20. The van der Waals surface area contributed by atoms with Gasteiger partial charge in [-0.05, 0) is 0 Å². The third-order valence-electron chi connectivity index (χ3n) is 3.39. The molecule has 0 rings (SSSR count). The summed E-state index contributed by atoms with van der Waals surface area (Å²) in [7, 11) is 0. The fourth-order valence-corrected chi connectivity index (χ4v) is 1.41. The van der Waals surface area contributed by atoms with Gasteiger partial charge in [-0.1, -0.05) is 0 Å². The maximum absolute atomic E-state index is 2.27. The van der Waals surface area contributed by atoms with E-state index in [0.717, 1.165) is 0 Å². The zero-order valence-electron chi connectivity index (χ0n) is 10.8. The predicted molar refractivity (Wildman–Crippen MR) is 67.1 cm³/mol. The molecule has 0 aromatic carbocycles. The van der Waals surface area contributed by atoms with Gasteiger partial charge in [-0.3, -0.25) is 0 Å². The summed E-state index contributed by atoms with van der Waals surface area (Å²) >= 11 is 4.47. The average Bonchev–Trinajstić information content (AvgIpc) is 2.22. The van der Waals surface area contributed by atoms with Crippen LogP contribution in [0, 0.1) is 0 Å². The maximum atomic E-state index is 2.27. The number of rotatable bonds is 5. The Hall–Kier alpha value is 0.675. The van der Waals surface area contributed by atoms with E-state index >= 15 is 0 Å². The fourth-order valence-electron chi connectivity index (χ4n) is 1.41. The van der Waals surface area contributed by atoms with E-state index in [1.54, 1.807) is 22.3 Å². The van der Waals surface area contributed by atoms with Crippen LogP contribution in [0.25, 0.3) is 0 Å². The molecule has 70 valence electrons. The monoisotopic (exact) mass is 178 g/mol. The molecule has 0 aliphatic carbocycles. The van der Waals surface area contributed by atoms with Crippen LogP contribution in [0.15, 0.2) is 22.3 Å². The summed E-state index contributed by atoms with van der Waals surface area (Å²) in [5, 5.41) is 2.39. The summed E-state index contributed by atoms with van der Waals surface area (Å²) in [6, 6.07) is 0. The van der Waals surface area contributed by atoms with Crippen LogP contribution in [0.2, 0.25) is 10.2 Å². The van der Waals surface area contributed by atoms with Crippen molar-refractivity contribution in [3.8, 4) is 0 Å². The molecule has 0 radical (unpaired) electrons. The van der Waals surface area contributed by atoms with Crippen LogP contribution in [-0.2, 0) is 0 Å². The van der Waals surface area contributed by atoms with Gasteiger partial charge in [-0.2, -0.15) is 0 Å². The Balaban J connectivity index is 4.20. The van der Waals surface area contributed by atoms with Gasteiger partial charge in [0.1, 0.15) is 0 Å². The molecule has 0 unspecified atom stereocenters. The average molecular weight is 178 g/mol. The predicted octanol–water partition coefficient (Wildman–Crippen LogP) is 3.61. The van der Waals surface area contributed by atoms with Crippen LogP contribution in [0.4, 0.5) is 0 Å². The minimum atomic E-state index is 1.20. The van der Waals surface area contributed by atoms with E-state index < -0.39 is 0 Å². The molecule has 0 heterocycles. The first-order valence-electron chi connectivity index (χ1n) is 5.83. The SMILES string of the molecule is [Li][CH2]C(C)=C(C)CCC(C)=C(C)[CH2][Li]. The molecule has 14 heavy (non-hydrogen) atoms. The van der Waals surface area contributed by atoms with E-state index in [-0.39, 0.29) is 0 Å². The third-order valence-corrected chi connectivity index (χ3v) is 3.39. The Morgan fingerprint density at radius 3 is 1.14 bits per heavy atom. The van der Waals surface area contributed by atoms with Crippen LogP contribution >= 0.6 is 0 Å². The van der Waals surface area contributed by atoms with Crippen molar-refractivity contribution < 1.29 is 0 Å². The molecule has 0 N–H and O–H groups in total. The summed E-state index contributed by atoms with van der Waals surface area (Å²) < 4.78 is 0. The Labute approximate surface area is 108 Å². The molecule has 0 atom stereocenters.